The van der Waals surface area contributed by atoms with Gasteiger partial charge in [0.05, 0.1) is 17.8 Å². The van der Waals surface area contributed by atoms with Crippen molar-refractivity contribution in [2.24, 2.45) is 0 Å². The molecule has 0 aliphatic carbocycles. The molecule has 0 spiro atoms. The van der Waals surface area contributed by atoms with Crippen molar-refractivity contribution in [3.8, 4) is 11.5 Å². The van der Waals surface area contributed by atoms with Gasteiger partial charge >= 0.3 is 5.97 Å². The van der Waals surface area contributed by atoms with Gasteiger partial charge in [-0.15, -0.1) is 0 Å². The molecule has 4 N–H and O–H groups in total. The molecule has 25 heavy (non-hydrogen) atoms. The normalized spacial score (nSPS) is 17.0. The van der Waals surface area contributed by atoms with Crippen LogP contribution in [0.15, 0.2) is 42.5 Å². The van der Waals surface area contributed by atoms with E-state index >= 15 is 0 Å². The Morgan fingerprint density at radius 3 is 2.44 bits per heavy atom. The third-order valence-corrected chi connectivity index (χ3v) is 3.85. The highest BCUT2D eigenvalue weighted by Gasteiger charge is 2.40. The Kier molecular flexibility index (Phi) is 4.02. The standard InChI is InChI=1S/C17H14N2O6/c20-13-4-2-1-3-11(13)18-12-8-15(22)19(16(12)23)9-5-6-10(17(24)25)14(21)7-9/h1-7,12,18,20-21H,8H2,(H,24,25). The molecular weight excluding hydrogens is 328 g/mol. The first-order valence-electron chi connectivity index (χ1n) is 7.36. The molecule has 2 amide bonds. The van der Waals surface area contributed by atoms with Crippen LogP contribution in [0.1, 0.15) is 16.8 Å². The average Bonchev–Trinajstić information content (AvgIpc) is 2.83. The van der Waals surface area contributed by atoms with E-state index in [1.165, 1.54) is 12.1 Å². The molecule has 1 saturated heterocycles. The van der Waals surface area contributed by atoms with Crippen molar-refractivity contribution in [1.29, 1.82) is 0 Å². The van der Waals surface area contributed by atoms with Gasteiger partial charge in [0.25, 0.3) is 5.91 Å². The molecule has 2 aromatic carbocycles. The Hall–Kier alpha value is -3.55. The third kappa shape index (κ3) is 2.97. The molecule has 0 radical (unpaired) electrons. The number of hydrogen-bond acceptors (Lipinski definition) is 6. The molecule has 1 fully saturated rings. The minimum Gasteiger partial charge on any atom is -0.507 e. The highest BCUT2D eigenvalue weighted by atomic mass is 16.4. The van der Waals surface area contributed by atoms with E-state index in [1.807, 2.05) is 0 Å². The maximum Gasteiger partial charge on any atom is 0.339 e. The third-order valence-electron chi connectivity index (χ3n) is 3.85. The fourth-order valence-corrected chi connectivity index (χ4v) is 2.64. The summed E-state index contributed by atoms with van der Waals surface area (Å²) in [6.07, 6.45) is -0.130. The van der Waals surface area contributed by atoms with Gasteiger partial charge in [-0.2, -0.15) is 0 Å². The lowest BCUT2D eigenvalue weighted by Crippen LogP contribution is -2.34. The molecule has 1 atom stereocenters. The number of phenolic OH excluding ortho intramolecular Hbond substituents is 1. The molecule has 1 aliphatic heterocycles. The molecule has 0 aromatic heterocycles. The van der Waals surface area contributed by atoms with Crippen molar-refractivity contribution in [1.82, 2.24) is 0 Å². The van der Waals surface area contributed by atoms with Crippen LogP contribution in [0.25, 0.3) is 0 Å². The van der Waals surface area contributed by atoms with Crippen LogP contribution in [0.3, 0.4) is 0 Å². The summed E-state index contributed by atoms with van der Waals surface area (Å²) in [5.74, 6) is -2.97. The van der Waals surface area contributed by atoms with Crippen molar-refractivity contribution in [3.63, 3.8) is 0 Å². The maximum atomic E-state index is 12.5. The van der Waals surface area contributed by atoms with Crippen LogP contribution in [-0.2, 0) is 9.59 Å². The zero-order valence-electron chi connectivity index (χ0n) is 12.8. The van der Waals surface area contributed by atoms with E-state index in [-0.39, 0.29) is 23.4 Å². The minimum absolute atomic E-state index is 0.0512. The van der Waals surface area contributed by atoms with Crippen molar-refractivity contribution in [2.45, 2.75) is 12.5 Å². The number of nitrogens with one attached hydrogen (secondary N) is 1. The van der Waals surface area contributed by atoms with Gasteiger partial charge in [-0.3, -0.25) is 9.59 Å². The van der Waals surface area contributed by atoms with E-state index in [2.05, 4.69) is 5.32 Å². The van der Waals surface area contributed by atoms with Gasteiger partial charge < -0.3 is 20.6 Å². The van der Waals surface area contributed by atoms with Gasteiger partial charge in [0.1, 0.15) is 23.1 Å². The van der Waals surface area contributed by atoms with Gasteiger partial charge in [-0.05, 0) is 24.3 Å². The van der Waals surface area contributed by atoms with Crippen LogP contribution in [0.5, 0.6) is 11.5 Å². The second-order valence-electron chi connectivity index (χ2n) is 5.49. The number of phenols is 2. The molecule has 128 valence electrons. The quantitative estimate of drug-likeness (QED) is 0.490. The number of aromatic carboxylic acids is 1. The molecule has 0 bridgehead atoms. The van der Waals surface area contributed by atoms with Crippen LogP contribution in [0, 0.1) is 0 Å². The Labute approximate surface area is 141 Å². The second kappa shape index (κ2) is 6.16. The predicted octanol–water partition coefficient (Wildman–Crippen LogP) is 1.54. The van der Waals surface area contributed by atoms with E-state index < -0.39 is 29.6 Å². The average molecular weight is 342 g/mol. The van der Waals surface area contributed by atoms with Gasteiger partial charge in [0.15, 0.2) is 0 Å². The molecule has 1 heterocycles. The number of imide groups is 1. The fourth-order valence-electron chi connectivity index (χ4n) is 2.64. The van der Waals surface area contributed by atoms with E-state index in [0.717, 1.165) is 17.0 Å². The summed E-state index contributed by atoms with van der Waals surface area (Å²) in [5, 5.41) is 31.2. The Morgan fingerprint density at radius 2 is 1.80 bits per heavy atom. The molecule has 3 rings (SSSR count). The summed E-state index contributed by atoms with van der Waals surface area (Å²) >= 11 is 0. The van der Waals surface area contributed by atoms with Crippen molar-refractivity contribution < 1.29 is 29.7 Å². The number of benzene rings is 2. The Balaban J connectivity index is 1.86. The smallest absolute Gasteiger partial charge is 0.339 e. The van der Waals surface area contributed by atoms with Crippen LogP contribution in [0.2, 0.25) is 0 Å². The van der Waals surface area contributed by atoms with E-state index in [0.29, 0.717) is 5.69 Å². The highest BCUT2D eigenvalue weighted by molar-refractivity contribution is 6.23. The number of carbonyl (C=O) groups excluding carboxylic acids is 2. The van der Waals surface area contributed by atoms with E-state index in [9.17, 15) is 24.6 Å². The lowest BCUT2D eigenvalue weighted by atomic mass is 10.1. The van der Waals surface area contributed by atoms with Gasteiger partial charge in [-0.25, -0.2) is 9.69 Å². The topological polar surface area (TPSA) is 127 Å². The van der Waals surface area contributed by atoms with Crippen molar-refractivity contribution in [2.75, 3.05) is 10.2 Å². The number of anilines is 2. The van der Waals surface area contributed by atoms with Gasteiger partial charge in [0.2, 0.25) is 5.91 Å². The molecule has 2 aromatic rings. The van der Waals surface area contributed by atoms with E-state index in [1.54, 1.807) is 18.2 Å². The summed E-state index contributed by atoms with van der Waals surface area (Å²) in [6, 6.07) is 8.90. The first-order chi connectivity index (χ1) is 11.9. The first-order valence-corrected chi connectivity index (χ1v) is 7.36. The van der Waals surface area contributed by atoms with Crippen LogP contribution in [0.4, 0.5) is 11.4 Å². The summed E-state index contributed by atoms with van der Waals surface area (Å²) < 4.78 is 0. The SMILES string of the molecule is O=C(O)c1ccc(N2C(=O)CC(Nc3ccccc3O)C2=O)cc1O. The summed E-state index contributed by atoms with van der Waals surface area (Å²) in [6.45, 7) is 0. The Morgan fingerprint density at radius 1 is 1.08 bits per heavy atom. The van der Waals surface area contributed by atoms with Crippen molar-refractivity contribution in [3.05, 3.63) is 48.0 Å². The lowest BCUT2D eigenvalue weighted by Gasteiger charge is -2.17. The van der Waals surface area contributed by atoms with E-state index in [4.69, 9.17) is 5.11 Å². The molecule has 0 saturated carbocycles. The lowest BCUT2D eigenvalue weighted by molar-refractivity contribution is -0.121. The zero-order chi connectivity index (χ0) is 18.1. The summed E-state index contributed by atoms with van der Waals surface area (Å²) in [4.78, 5) is 36.5. The second-order valence-corrected chi connectivity index (χ2v) is 5.49. The van der Waals surface area contributed by atoms with Gasteiger partial charge in [-0.1, -0.05) is 12.1 Å². The summed E-state index contributed by atoms with van der Waals surface area (Å²) in [7, 11) is 0. The Bertz CT molecular complexity index is 879. The van der Waals surface area contributed by atoms with Crippen molar-refractivity contribution >= 4 is 29.2 Å². The van der Waals surface area contributed by atoms with Crippen LogP contribution in [-0.4, -0.2) is 39.1 Å². The molecule has 1 aliphatic rings. The van der Waals surface area contributed by atoms with Crippen LogP contribution >= 0.6 is 0 Å². The molecule has 8 heteroatoms. The number of nitrogens with zero attached hydrogens (tertiary/aromatic N) is 1. The summed E-state index contributed by atoms with van der Waals surface area (Å²) in [5.41, 5.74) is 0.0744. The number of carboxylic acid groups (broad SMARTS) is 1. The number of amides is 2. The molecular formula is C17H14N2O6. The predicted molar refractivity (Wildman–Crippen MR) is 87.7 cm³/mol. The number of carbonyl (C=O) groups is 3. The number of hydrogen-bond donors (Lipinski definition) is 4. The zero-order valence-corrected chi connectivity index (χ0v) is 12.8. The monoisotopic (exact) mass is 342 g/mol. The number of aromatic hydroxyl groups is 2. The molecule has 8 nitrogen and oxygen atoms in total. The maximum absolute atomic E-state index is 12.5. The molecule has 1 unspecified atom stereocenters. The number of rotatable bonds is 4. The number of para-hydroxylation sites is 2. The fraction of sp³-hybridized carbons (Fsp3) is 0.118. The first kappa shape index (κ1) is 16.3. The largest absolute Gasteiger partial charge is 0.507 e. The highest BCUT2D eigenvalue weighted by Crippen LogP contribution is 2.31. The number of carboxylic acids is 1. The van der Waals surface area contributed by atoms with Crippen LogP contribution < -0.4 is 10.2 Å². The minimum atomic E-state index is -1.32. The van der Waals surface area contributed by atoms with Gasteiger partial charge in [0, 0.05) is 6.07 Å².